The van der Waals surface area contributed by atoms with Crippen molar-refractivity contribution in [2.45, 2.75) is 37.8 Å². The van der Waals surface area contributed by atoms with Gasteiger partial charge in [0.1, 0.15) is 0 Å². The summed E-state index contributed by atoms with van der Waals surface area (Å²) >= 11 is 0. The van der Waals surface area contributed by atoms with Crippen LogP contribution < -0.4 is 5.32 Å². The molecule has 1 fully saturated rings. The van der Waals surface area contributed by atoms with Crippen LogP contribution in [0.5, 0.6) is 0 Å². The minimum absolute atomic E-state index is 0.203. The first-order valence-corrected chi connectivity index (χ1v) is 6.76. The van der Waals surface area contributed by atoms with Gasteiger partial charge in [0, 0.05) is 5.69 Å². The van der Waals surface area contributed by atoms with Gasteiger partial charge in [0.25, 0.3) is 0 Å². The lowest BCUT2D eigenvalue weighted by Crippen LogP contribution is -2.36. The van der Waals surface area contributed by atoms with E-state index < -0.39 is 0 Å². The van der Waals surface area contributed by atoms with E-state index in [9.17, 15) is 5.11 Å². The molecule has 0 amide bonds. The number of aliphatic hydroxyl groups excluding tert-OH is 1. The van der Waals surface area contributed by atoms with E-state index >= 15 is 0 Å². The monoisotopic (exact) mass is 241 g/mol. The van der Waals surface area contributed by atoms with Crippen LogP contribution in [0.25, 0.3) is 10.8 Å². The molecule has 3 rings (SSSR count). The smallest absolute Gasteiger partial charge is 0.0741 e. The first-order chi connectivity index (χ1) is 8.83. The molecular formula is C16H19NO. The molecule has 18 heavy (non-hydrogen) atoms. The van der Waals surface area contributed by atoms with E-state index in [4.69, 9.17) is 0 Å². The average molecular weight is 241 g/mol. The zero-order valence-electron chi connectivity index (χ0n) is 10.5. The van der Waals surface area contributed by atoms with E-state index in [2.05, 4.69) is 47.8 Å². The second-order valence-electron chi connectivity index (χ2n) is 5.16. The molecule has 1 aliphatic carbocycles. The van der Waals surface area contributed by atoms with Gasteiger partial charge in [-0.05, 0) is 35.7 Å². The lowest BCUT2D eigenvalue weighted by Gasteiger charge is -2.29. The molecule has 94 valence electrons. The van der Waals surface area contributed by atoms with Crippen molar-refractivity contribution in [1.82, 2.24) is 0 Å². The Morgan fingerprint density at radius 2 is 1.72 bits per heavy atom. The van der Waals surface area contributed by atoms with Crippen molar-refractivity contribution in [1.29, 1.82) is 0 Å². The van der Waals surface area contributed by atoms with E-state index in [-0.39, 0.29) is 12.1 Å². The fraction of sp³-hybridized carbons (Fsp3) is 0.375. The summed E-state index contributed by atoms with van der Waals surface area (Å²) < 4.78 is 0. The highest BCUT2D eigenvalue weighted by atomic mass is 16.3. The standard InChI is InChI=1S/C16H19NO/c18-16-8-4-3-7-15(16)17-14-10-9-12-5-1-2-6-13(12)11-14/h1-2,5-6,9-11,15-18H,3-4,7-8H2. The second-order valence-corrected chi connectivity index (χ2v) is 5.16. The van der Waals surface area contributed by atoms with Gasteiger partial charge in [-0.2, -0.15) is 0 Å². The first kappa shape index (κ1) is 11.5. The van der Waals surface area contributed by atoms with Crippen LogP contribution in [0.2, 0.25) is 0 Å². The number of hydrogen-bond acceptors (Lipinski definition) is 2. The van der Waals surface area contributed by atoms with Crippen LogP contribution in [0.3, 0.4) is 0 Å². The highest BCUT2D eigenvalue weighted by molar-refractivity contribution is 5.85. The molecule has 0 saturated heterocycles. The van der Waals surface area contributed by atoms with Gasteiger partial charge in [-0.1, -0.05) is 43.2 Å². The maximum absolute atomic E-state index is 9.98. The number of anilines is 1. The van der Waals surface area contributed by atoms with Crippen LogP contribution in [0.4, 0.5) is 5.69 Å². The topological polar surface area (TPSA) is 32.3 Å². The van der Waals surface area contributed by atoms with E-state index in [1.54, 1.807) is 0 Å². The molecule has 2 aromatic rings. The van der Waals surface area contributed by atoms with Crippen LogP contribution in [0.1, 0.15) is 25.7 Å². The Morgan fingerprint density at radius 3 is 2.56 bits per heavy atom. The first-order valence-electron chi connectivity index (χ1n) is 6.76. The maximum Gasteiger partial charge on any atom is 0.0741 e. The minimum Gasteiger partial charge on any atom is -0.391 e. The van der Waals surface area contributed by atoms with Gasteiger partial charge in [-0.25, -0.2) is 0 Å². The number of benzene rings is 2. The summed E-state index contributed by atoms with van der Waals surface area (Å²) in [6, 6.07) is 15.0. The number of nitrogens with one attached hydrogen (secondary N) is 1. The predicted octanol–water partition coefficient (Wildman–Crippen LogP) is 3.56. The molecule has 1 saturated carbocycles. The summed E-state index contributed by atoms with van der Waals surface area (Å²) in [5, 5.41) is 16.0. The normalized spacial score (nSPS) is 24.1. The number of fused-ring (bicyclic) bond motifs is 1. The van der Waals surface area contributed by atoms with Gasteiger partial charge in [-0.3, -0.25) is 0 Å². The van der Waals surface area contributed by atoms with Crippen molar-refractivity contribution in [2.75, 3.05) is 5.32 Å². The molecule has 0 radical (unpaired) electrons. The van der Waals surface area contributed by atoms with Crippen molar-refractivity contribution in [2.24, 2.45) is 0 Å². The number of rotatable bonds is 2. The molecule has 1 aliphatic rings. The van der Waals surface area contributed by atoms with Crippen LogP contribution >= 0.6 is 0 Å². The van der Waals surface area contributed by atoms with Gasteiger partial charge < -0.3 is 10.4 Å². The molecule has 2 unspecified atom stereocenters. The van der Waals surface area contributed by atoms with Crippen molar-refractivity contribution in [3.63, 3.8) is 0 Å². The van der Waals surface area contributed by atoms with Crippen LogP contribution in [0.15, 0.2) is 42.5 Å². The highest BCUT2D eigenvalue weighted by Gasteiger charge is 2.22. The zero-order chi connectivity index (χ0) is 12.4. The van der Waals surface area contributed by atoms with Gasteiger partial charge in [-0.15, -0.1) is 0 Å². The Hall–Kier alpha value is -1.54. The summed E-state index contributed by atoms with van der Waals surface area (Å²) in [5.74, 6) is 0. The minimum atomic E-state index is -0.203. The predicted molar refractivity (Wildman–Crippen MR) is 75.8 cm³/mol. The van der Waals surface area contributed by atoms with E-state index in [1.165, 1.54) is 17.2 Å². The fourth-order valence-corrected chi connectivity index (χ4v) is 2.77. The average Bonchev–Trinajstić information content (AvgIpc) is 2.41. The molecule has 0 aliphatic heterocycles. The molecular weight excluding hydrogens is 222 g/mol. The highest BCUT2D eigenvalue weighted by Crippen LogP contribution is 2.24. The third kappa shape index (κ3) is 2.34. The summed E-state index contributed by atoms with van der Waals surface area (Å²) in [5.41, 5.74) is 1.11. The Bertz CT molecular complexity index is 537. The Balaban J connectivity index is 1.81. The van der Waals surface area contributed by atoms with Crippen molar-refractivity contribution in [3.05, 3.63) is 42.5 Å². The summed E-state index contributed by atoms with van der Waals surface area (Å²) in [7, 11) is 0. The van der Waals surface area contributed by atoms with Gasteiger partial charge in [0.15, 0.2) is 0 Å². The quantitative estimate of drug-likeness (QED) is 0.842. The van der Waals surface area contributed by atoms with E-state index in [0.717, 1.165) is 24.9 Å². The van der Waals surface area contributed by atoms with Gasteiger partial charge >= 0.3 is 0 Å². The molecule has 2 nitrogen and oxygen atoms in total. The van der Waals surface area contributed by atoms with Crippen molar-refractivity contribution < 1.29 is 5.11 Å². The molecule has 2 atom stereocenters. The summed E-state index contributed by atoms with van der Waals surface area (Å²) in [6.45, 7) is 0. The van der Waals surface area contributed by atoms with Crippen molar-refractivity contribution in [3.8, 4) is 0 Å². The maximum atomic E-state index is 9.98. The Morgan fingerprint density at radius 1 is 0.944 bits per heavy atom. The van der Waals surface area contributed by atoms with Crippen LogP contribution in [-0.4, -0.2) is 17.3 Å². The molecule has 0 aromatic heterocycles. The van der Waals surface area contributed by atoms with Crippen LogP contribution in [0, 0.1) is 0 Å². The lowest BCUT2D eigenvalue weighted by atomic mass is 9.92. The Kier molecular flexibility index (Phi) is 3.20. The van der Waals surface area contributed by atoms with Crippen molar-refractivity contribution >= 4 is 16.5 Å². The SMILES string of the molecule is OC1CCCCC1Nc1ccc2ccccc2c1. The molecule has 2 aromatic carbocycles. The molecule has 2 heteroatoms. The summed E-state index contributed by atoms with van der Waals surface area (Å²) in [6.07, 6.45) is 4.14. The van der Waals surface area contributed by atoms with Crippen LogP contribution in [-0.2, 0) is 0 Å². The second kappa shape index (κ2) is 4.99. The Labute approximate surface area is 108 Å². The molecule has 0 spiro atoms. The molecule has 2 N–H and O–H groups in total. The van der Waals surface area contributed by atoms with E-state index in [0.29, 0.717) is 0 Å². The number of aliphatic hydroxyl groups is 1. The molecule has 0 heterocycles. The number of hydrogen-bond donors (Lipinski definition) is 2. The van der Waals surface area contributed by atoms with Gasteiger partial charge in [0.05, 0.1) is 12.1 Å². The third-order valence-electron chi connectivity index (χ3n) is 3.83. The fourth-order valence-electron chi connectivity index (χ4n) is 2.77. The summed E-state index contributed by atoms with van der Waals surface area (Å²) in [4.78, 5) is 0. The van der Waals surface area contributed by atoms with E-state index in [1.807, 2.05) is 0 Å². The third-order valence-corrected chi connectivity index (χ3v) is 3.83. The lowest BCUT2D eigenvalue weighted by molar-refractivity contribution is 0.116. The van der Waals surface area contributed by atoms with Gasteiger partial charge in [0.2, 0.25) is 0 Å². The molecule has 0 bridgehead atoms. The zero-order valence-corrected chi connectivity index (χ0v) is 10.5. The largest absolute Gasteiger partial charge is 0.391 e.